The van der Waals surface area contributed by atoms with Gasteiger partial charge in [-0.15, -0.1) is 0 Å². The van der Waals surface area contributed by atoms with Gasteiger partial charge >= 0.3 is 12.0 Å². The van der Waals surface area contributed by atoms with Gasteiger partial charge in [-0.1, -0.05) is 48.5 Å². The molecular formula is C34H40N4O6S. The van der Waals surface area contributed by atoms with Crippen LogP contribution in [-0.4, -0.2) is 87.9 Å². The molecule has 1 aliphatic rings. The minimum Gasteiger partial charge on any atom is -0.460 e. The van der Waals surface area contributed by atoms with Crippen molar-refractivity contribution in [3.05, 3.63) is 95.2 Å². The third-order valence-corrected chi connectivity index (χ3v) is 9.95. The van der Waals surface area contributed by atoms with Gasteiger partial charge < -0.3 is 23.9 Å². The lowest BCUT2D eigenvalue weighted by molar-refractivity contribution is 0.0491. The first-order valence-electron chi connectivity index (χ1n) is 15.1. The first-order valence-corrected chi connectivity index (χ1v) is 16.6. The molecule has 2 heterocycles. The number of aryl methyl sites for hydroxylation is 1. The third-order valence-electron chi connectivity index (χ3n) is 8.11. The lowest BCUT2D eigenvalue weighted by atomic mass is 10.1. The van der Waals surface area contributed by atoms with Crippen molar-refractivity contribution in [2.45, 2.75) is 31.7 Å². The largest absolute Gasteiger partial charge is 0.460 e. The van der Waals surface area contributed by atoms with E-state index in [0.717, 1.165) is 16.8 Å². The van der Waals surface area contributed by atoms with Crippen LogP contribution in [0.1, 0.15) is 34.2 Å². The molecule has 0 spiro atoms. The molecule has 0 N–H and O–H groups in total. The highest BCUT2D eigenvalue weighted by atomic mass is 32.2. The van der Waals surface area contributed by atoms with Crippen molar-refractivity contribution in [3.8, 4) is 0 Å². The van der Waals surface area contributed by atoms with Crippen LogP contribution in [0.15, 0.2) is 82.1 Å². The summed E-state index contributed by atoms with van der Waals surface area (Å²) in [6.45, 7) is 6.54. The van der Waals surface area contributed by atoms with E-state index in [9.17, 15) is 18.0 Å². The number of fused-ring (bicyclic) bond motifs is 1. The van der Waals surface area contributed by atoms with E-state index in [2.05, 4.69) is 4.90 Å². The zero-order valence-corrected chi connectivity index (χ0v) is 27.0. The van der Waals surface area contributed by atoms with Gasteiger partial charge in [-0.25, -0.2) is 18.0 Å². The fourth-order valence-corrected chi connectivity index (χ4v) is 7.09. The predicted octanol–water partition coefficient (Wildman–Crippen LogP) is 5.16. The molecule has 0 unspecified atom stereocenters. The zero-order valence-electron chi connectivity index (χ0n) is 26.2. The molecule has 2 amide bonds. The van der Waals surface area contributed by atoms with E-state index in [1.54, 1.807) is 45.0 Å². The number of benzene rings is 3. The number of carbonyl (C=O) groups excluding carboxylic acids is 2. The number of piperazine rings is 1. The number of nitrogens with zero attached hydrogens (tertiary/aromatic N) is 4. The Bertz CT molecular complexity index is 1760. The van der Waals surface area contributed by atoms with Crippen molar-refractivity contribution < 1.29 is 27.2 Å². The quantitative estimate of drug-likeness (QED) is 0.223. The van der Waals surface area contributed by atoms with Crippen LogP contribution in [0.4, 0.5) is 10.5 Å². The van der Waals surface area contributed by atoms with Crippen molar-refractivity contribution in [2.75, 3.05) is 58.3 Å². The van der Waals surface area contributed by atoms with Crippen LogP contribution in [-0.2, 0) is 27.7 Å². The average Bonchev–Trinajstić information content (AvgIpc) is 3.39. The Kier molecular flexibility index (Phi) is 9.79. The second-order valence-electron chi connectivity index (χ2n) is 11.3. The van der Waals surface area contributed by atoms with Gasteiger partial charge in [0.25, 0.3) is 0 Å². The minimum atomic E-state index is -3.98. The Morgan fingerprint density at radius 3 is 2.31 bits per heavy atom. The summed E-state index contributed by atoms with van der Waals surface area (Å²) in [5.74, 6) is -0.507. The first-order chi connectivity index (χ1) is 21.6. The van der Waals surface area contributed by atoms with Gasteiger partial charge in [0.1, 0.15) is 5.58 Å². The summed E-state index contributed by atoms with van der Waals surface area (Å²) >= 11 is 0. The number of urea groups is 1. The predicted molar refractivity (Wildman–Crippen MR) is 174 cm³/mol. The molecular weight excluding hydrogens is 592 g/mol. The maximum absolute atomic E-state index is 14.4. The maximum Gasteiger partial charge on any atom is 0.374 e. The number of hydrogen-bond donors (Lipinski definition) is 0. The summed E-state index contributed by atoms with van der Waals surface area (Å²) < 4.78 is 41.1. The van der Waals surface area contributed by atoms with E-state index in [0.29, 0.717) is 49.1 Å². The Hall–Kier alpha value is -4.35. The molecule has 5 rings (SSSR count). The smallest absolute Gasteiger partial charge is 0.374 e. The van der Waals surface area contributed by atoms with Crippen molar-refractivity contribution in [2.24, 2.45) is 0 Å². The Balaban J connectivity index is 1.46. The van der Waals surface area contributed by atoms with Gasteiger partial charge in [-0.3, -0.25) is 0 Å². The second-order valence-corrected chi connectivity index (χ2v) is 13.2. The molecule has 3 aromatic carbocycles. The molecule has 10 nitrogen and oxygen atoms in total. The van der Waals surface area contributed by atoms with E-state index < -0.39 is 16.0 Å². The van der Waals surface area contributed by atoms with E-state index in [1.807, 2.05) is 59.5 Å². The standard InChI is InChI=1S/C34H40N4O6S/c1-5-43-33(39)32-25(2)29-23-28(15-16-31(29)44-32)45(41,42)38(18-17-26-11-7-6-8-12-26)24-27-13-9-10-14-30(27)36-19-21-37(22-20-36)34(40)35(3)4/h6-16,23H,5,17-22,24H2,1-4H3. The normalized spacial score (nSPS) is 13.8. The maximum atomic E-state index is 14.4. The number of anilines is 1. The number of para-hydroxylation sites is 1. The molecule has 11 heteroatoms. The van der Waals surface area contributed by atoms with Crippen LogP contribution >= 0.6 is 0 Å². The topological polar surface area (TPSA) is 104 Å². The van der Waals surface area contributed by atoms with E-state index in [1.165, 1.54) is 10.4 Å². The van der Waals surface area contributed by atoms with Crippen molar-refractivity contribution in [1.29, 1.82) is 0 Å². The van der Waals surface area contributed by atoms with Gasteiger partial charge in [0, 0.05) is 70.0 Å². The SMILES string of the molecule is CCOC(=O)c1oc2ccc(S(=O)(=O)N(CCc3ccccc3)Cc3ccccc3N3CCN(C(=O)N(C)C)CC3)cc2c1C. The summed E-state index contributed by atoms with van der Waals surface area (Å²) in [4.78, 5) is 30.7. The minimum absolute atomic E-state index is 0.0136. The lowest BCUT2D eigenvalue weighted by Crippen LogP contribution is -2.51. The van der Waals surface area contributed by atoms with Crippen molar-refractivity contribution in [1.82, 2.24) is 14.1 Å². The fourth-order valence-electron chi connectivity index (χ4n) is 5.65. The number of ether oxygens (including phenoxy) is 1. The highest BCUT2D eigenvalue weighted by Crippen LogP contribution is 2.31. The summed E-state index contributed by atoms with van der Waals surface area (Å²) in [5, 5.41) is 0.549. The highest BCUT2D eigenvalue weighted by molar-refractivity contribution is 7.89. The summed E-state index contributed by atoms with van der Waals surface area (Å²) in [6, 6.07) is 22.3. The molecule has 1 fully saturated rings. The summed E-state index contributed by atoms with van der Waals surface area (Å²) in [7, 11) is -0.478. The molecule has 1 saturated heterocycles. The van der Waals surface area contributed by atoms with Gasteiger partial charge in [0.2, 0.25) is 15.8 Å². The highest BCUT2D eigenvalue weighted by Gasteiger charge is 2.29. The molecule has 4 aromatic rings. The number of carbonyl (C=O) groups is 2. The van der Waals surface area contributed by atoms with Crippen molar-refractivity contribution in [3.63, 3.8) is 0 Å². The number of sulfonamides is 1. The second kappa shape index (κ2) is 13.7. The number of hydrogen-bond acceptors (Lipinski definition) is 7. The number of rotatable bonds is 10. The average molecular weight is 633 g/mol. The van der Waals surface area contributed by atoms with Crippen molar-refractivity contribution >= 4 is 38.7 Å². The zero-order chi connectivity index (χ0) is 32.1. The number of amides is 2. The van der Waals surface area contributed by atoms with Gasteiger partial charge in [0.05, 0.1) is 11.5 Å². The van der Waals surface area contributed by atoms with Gasteiger partial charge in [0.15, 0.2) is 0 Å². The molecule has 0 saturated carbocycles. The van der Waals surface area contributed by atoms with E-state index in [-0.39, 0.29) is 36.4 Å². The summed E-state index contributed by atoms with van der Waals surface area (Å²) in [6.07, 6.45) is 0.535. The molecule has 45 heavy (non-hydrogen) atoms. The van der Waals surface area contributed by atoms with Crippen LogP contribution in [0.25, 0.3) is 11.0 Å². The lowest BCUT2D eigenvalue weighted by Gasteiger charge is -2.38. The first kappa shape index (κ1) is 32.1. The van der Waals surface area contributed by atoms with E-state index in [4.69, 9.17) is 9.15 Å². The summed E-state index contributed by atoms with van der Waals surface area (Å²) in [5.41, 5.74) is 3.82. The fraction of sp³-hybridized carbons (Fsp3) is 0.353. The Morgan fingerprint density at radius 1 is 0.933 bits per heavy atom. The molecule has 0 bridgehead atoms. The Labute approximate surface area is 264 Å². The molecule has 0 aliphatic carbocycles. The number of esters is 1. The van der Waals surface area contributed by atoms with Gasteiger partial charge in [-0.2, -0.15) is 4.31 Å². The van der Waals surface area contributed by atoms with Crippen LogP contribution in [0.2, 0.25) is 0 Å². The molecule has 0 radical (unpaired) electrons. The Morgan fingerprint density at radius 2 is 1.62 bits per heavy atom. The van der Waals surface area contributed by atoms with Gasteiger partial charge in [-0.05, 0) is 55.7 Å². The molecule has 0 atom stereocenters. The van der Waals surface area contributed by atoms with Crippen LogP contribution in [0, 0.1) is 6.92 Å². The third kappa shape index (κ3) is 6.99. The van der Waals surface area contributed by atoms with Crippen LogP contribution in [0.3, 0.4) is 0 Å². The molecule has 1 aromatic heterocycles. The molecule has 238 valence electrons. The monoisotopic (exact) mass is 632 g/mol. The molecule has 1 aliphatic heterocycles. The van der Waals surface area contributed by atoms with E-state index >= 15 is 0 Å². The van der Waals surface area contributed by atoms with Crippen LogP contribution < -0.4 is 4.90 Å². The van der Waals surface area contributed by atoms with Crippen LogP contribution in [0.5, 0.6) is 0 Å². The number of furan rings is 1.